The van der Waals surface area contributed by atoms with Crippen LogP contribution in [0.25, 0.3) is 0 Å². The predicted octanol–water partition coefficient (Wildman–Crippen LogP) is 2.65. The van der Waals surface area contributed by atoms with Crippen LogP contribution in [0.3, 0.4) is 0 Å². The zero-order valence-corrected chi connectivity index (χ0v) is 12.8. The molecule has 1 aromatic rings. The summed E-state index contributed by atoms with van der Waals surface area (Å²) in [6.45, 7) is 9.82. The lowest BCUT2D eigenvalue weighted by molar-refractivity contribution is -0.0156. The van der Waals surface area contributed by atoms with Gasteiger partial charge in [-0.3, -0.25) is 4.68 Å². The van der Waals surface area contributed by atoms with Crippen LogP contribution in [0.2, 0.25) is 0 Å². The van der Waals surface area contributed by atoms with Crippen molar-refractivity contribution in [1.29, 1.82) is 0 Å². The maximum Gasteiger partial charge on any atom is 0.0741 e. The van der Waals surface area contributed by atoms with E-state index in [1.54, 1.807) is 0 Å². The van der Waals surface area contributed by atoms with Crippen molar-refractivity contribution in [2.45, 2.75) is 39.3 Å². The molecule has 0 aliphatic rings. The van der Waals surface area contributed by atoms with Gasteiger partial charge < -0.3 is 10.1 Å². The Kier molecular flexibility index (Phi) is 5.16. The van der Waals surface area contributed by atoms with Crippen molar-refractivity contribution in [2.24, 2.45) is 7.05 Å². The molecule has 0 fully saturated rings. The Bertz CT molecular complexity index is 338. The van der Waals surface area contributed by atoms with Crippen LogP contribution in [0, 0.1) is 0 Å². The molecule has 1 atom stereocenters. The molecule has 4 nitrogen and oxygen atoms in total. The van der Waals surface area contributed by atoms with Gasteiger partial charge >= 0.3 is 0 Å². The third-order valence-corrected chi connectivity index (χ3v) is 3.01. The smallest absolute Gasteiger partial charge is 0.0741 e. The SMILES string of the molecule is CCNC(COC(C)(C)C)c1c(Br)cnn1C. The van der Waals surface area contributed by atoms with Gasteiger partial charge in [0.05, 0.1) is 34.6 Å². The number of rotatable bonds is 5. The Morgan fingerprint density at radius 3 is 2.59 bits per heavy atom. The number of nitrogens with zero attached hydrogens (tertiary/aromatic N) is 2. The standard InChI is InChI=1S/C12H22BrN3O/c1-6-14-10(8-17-12(2,3)4)11-9(13)7-15-16(11)5/h7,10,14H,6,8H2,1-5H3. The van der Waals surface area contributed by atoms with E-state index in [-0.39, 0.29) is 11.6 Å². The van der Waals surface area contributed by atoms with Crippen LogP contribution in [0.5, 0.6) is 0 Å². The highest BCUT2D eigenvalue weighted by Gasteiger charge is 2.21. The molecule has 5 heteroatoms. The van der Waals surface area contributed by atoms with E-state index in [0.29, 0.717) is 6.61 Å². The molecule has 0 aromatic carbocycles. The molecular weight excluding hydrogens is 282 g/mol. The second-order valence-corrected chi connectivity index (χ2v) is 5.89. The van der Waals surface area contributed by atoms with E-state index in [2.05, 4.69) is 54.0 Å². The second-order valence-electron chi connectivity index (χ2n) is 5.03. The molecule has 98 valence electrons. The zero-order chi connectivity index (χ0) is 13.1. The van der Waals surface area contributed by atoms with E-state index in [0.717, 1.165) is 16.7 Å². The topological polar surface area (TPSA) is 39.1 Å². The number of nitrogens with one attached hydrogen (secondary N) is 1. The van der Waals surface area contributed by atoms with Gasteiger partial charge in [0.25, 0.3) is 0 Å². The molecule has 1 rings (SSSR count). The number of likely N-dealkylation sites (N-methyl/N-ethyl adjacent to an activating group) is 1. The van der Waals surface area contributed by atoms with Crippen LogP contribution >= 0.6 is 15.9 Å². The molecule has 1 aromatic heterocycles. The highest BCUT2D eigenvalue weighted by atomic mass is 79.9. The fourth-order valence-electron chi connectivity index (χ4n) is 1.63. The first kappa shape index (κ1) is 14.7. The summed E-state index contributed by atoms with van der Waals surface area (Å²) in [4.78, 5) is 0. The lowest BCUT2D eigenvalue weighted by Crippen LogP contribution is -2.31. The van der Waals surface area contributed by atoms with Crippen LogP contribution in [-0.4, -0.2) is 28.5 Å². The van der Waals surface area contributed by atoms with Crippen molar-refractivity contribution < 1.29 is 4.74 Å². The van der Waals surface area contributed by atoms with Gasteiger partial charge in [-0.2, -0.15) is 5.10 Å². The average Bonchev–Trinajstić information content (AvgIpc) is 2.53. The number of aryl methyl sites for hydroxylation is 1. The first-order valence-electron chi connectivity index (χ1n) is 5.90. The Labute approximate surface area is 112 Å². The molecule has 0 aliphatic heterocycles. The van der Waals surface area contributed by atoms with Gasteiger partial charge in [0, 0.05) is 7.05 Å². The summed E-state index contributed by atoms with van der Waals surface area (Å²) in [5.41, 5.74) is 0.995. The first-order valence-corrected chi connectivity index (χ1v) is 6.69. The van der Waals surface area contributed by atoms with Gasteiger partial charge in [0.2, 0.25) is 0 Å². The molecule has 17 heavy (non-hydrogen) atoms. The number of hydrogen-bond donors (Lipinski definition) is 1. The van der Waals surface area contributed by atoms with Crippen LogP contribution in [-0.2, 0) is 11.8 Å². The van der Waals surface area contributed by atoms with E-state index in [1.807, 2.05) is 17.9 Å². The van der Waals surface area contributed by atoms with E-state index >= 15 is 0 Å². The summed E-state index contributed by atoms with van der Waals surface area (Å²) >= 11 is 3.53. The summed E-state index contributed by atoms with van der Waals surface area (Å²) in [5.74, 6) is 0. The highest BCUT2D eigenvalue weighted by molar-refractivity contribution is 9.10. The van der Waals surface area contributed by atoms with E-state index in [9.17, 15) is 0 Å². The number of aromatic nitrogens is 2. The Morgan fingerprint density at radius 1 is 1.53 bits per heavy atom. The summed E-state index contributed by atoms with van der Waals surface area (Å²) in [5, 5.41) is 7.66. The summed E-state index contributed by atoms with van der Waals surface area (Å²) in [6.07, 6.45) is 1.82. The largest absolute Gasteiger partial charge is 0.374 e. The monoisotopic (exact) mass is 303 g/mol. The normalized spacial score (nSPS) is 14.0. The first-order chi connectivity index (χ1) is 7.85. The molecule has 0 aliphatic carbocycles. The average molecular weight is 304 g/mol. The van der Waals surface area contributed by atoms with Crippen molar-refractivity contribution >= 4 is 15.9 Å². The third kappa shape index (κ3) is 4.41. The molecular formula is C12H22BrN3O. The van der Waals surface area contributed by atoms with E-state index in [1.165, 1.54) is 0 Å². The van der Waals surface area contributed by atoms with Crippen LogP contribution in [0.15, 0.2) is 10.7 Å². The van der Waals surface area contributed by atoms with Gasteiger partial charge in [-0.05, 0) is 43.2 Å². The molecule has 0 amide bonds. The second kappa shape index (κ2) is 5.98. The van der Waals surface area contributed by atoms with E-state index in [4.69, 9.17) is 4.74 Å². The highest BCUT2D eigenvalue weighted by Crippen LogP contribution is 2.24. The van der Waals surface area contributed by atoms with E-state index < -0.39 is 0 Å². The summed E-state index contributed by atoms with van der Waals surface area (Å²) in [6, 6.07) is 0.154. The quantitative estimate of drug-likeness (QED) is 0.909. The fourth-order valence-corrected chi connectivity index (χ4v) is 2.25. The van der Waals surface area contributed by atoms with Crippen LogP contribution in [0.4, 0.5) is 0 Å². The van der Waals surface area contributed by atoms with Crippen molar-refractivity contribution in [2.75, 3.05) is 13.2 Å². The lowest BCUT2D eigenvalue weighted by atomic mass is 10.1. The van der Waals surface area contributed by atoms with Crippen molar-refractivity contribution in [3.8, 4) is 0 Å². The Morgan fingerprint density at radius 2 is 2.18 bits per heavy atom. The third-order valence-electron chi connectivity index (χ3n) is 2.40. The minimum absolute atomic E-state index is 0.126. The van der Waals surface area contributed by atoms with Crippen molar-refractivity contribution in [3.05, 3.63) is 16.4 Å². The predicted molar refractivity (Wildman–Crippen MR) is 73.0 cm³/mol. The van der Waals surface area contributed by atoms with Crippen LogP contribution < -0.4 is 5.32 Å². The van der Waals surface area contributed by atoms with Gasteiger partial charge in [-0.15, -0.1) is 0 Å². The Balaban J connectivity index is 2.79. The van der Waals surface area contributed by atoms with Gasteiger partial charge in [0.1, 0.15) is 0 Å². The van der Waals surface area contributed by atoms with Gasteiger partial charge in [-0.1, -0.05) is 6.92 Å². The molecule has 1 heterocycles. The molecule has 1 unspecified atom stereocenters. The molecule has 0 spiro atoms. The van der Waals surface area contributed by atoms with Crippen molar-refractivity contribution in [3.63, 3.8) is 0 Å². The molecule has 0 radical (unpaired) electrons. The minimum Gasteiger partial charge on any atom is -0.374 e. The molecule has 0 saturated heterocycles. The van der Waals surface area contributed by atoms with Crippen molar-refractivity contribution in [1.82, 2.24) is 15.1 Å². The number of hydrogen-bond acceptors (Lipinski definition) is 3. The van der Waals surface area contributed by atoms with Gasteiger partial charge in [0.15, 0.2) is 0 Å². The zero-order valence-electron chi connectivity index (χ0n) is 11.2. The van der Waals surface area contributed by atoms with Crippen LogP contribution in [0.1, 0.15) is 39.4 Å². The Hall–Kier alpha value is -0.390. The minimum atomic E-state index is -0.126. The molecule has 0 saturated carbocycles. The molecule has 0 bridgehead atoms. The maximum absolute atomic E-state index is 5.85. The number of halogens is 1. The lowest BCUT2D eigenvalue weighted by Gasteiger charge is -2.25. The van der Waals surface area contributed by atoms with Gasteiger partial charge in [-0.25, -0.2) is 0 Å². The number of ether oxygens (including phenoxy) is 1. The summed E-state index contributed by atoms with van der Waals surface area (Å²) < 4.78 is 8.75. The fraction of sp³-hybridized carbons (Fsp3) is 0.750. The summed E-state index contributed by atoms with van der Waals surface area (Å²) in [7, 11) is 1.95. The maximum atomic E-state index is 5.85. The molecule has 1 N–H and O–H groups in total.